The molecule has 0 bridgehead atoms. The standard InChI is InChI=1S/C12H21NO2S/c1-11(15-7-4-6-14-2)9-13-10-12-5-3-8-16-12/h3,5,8,11,13H,4,6-7,9-10H2,1-2H3. The van der Waals surface area contributed by atoms with Crippen LogP contribution in [-0.2, 0) is 16.0 Å². The van der Waals surface area contributed by atoms with Crippen molar-refractivity contribution < 1.29 is 9.47 Å². The fourth-order valence-corrected chi connectivity index (χ4v) is 2.03. The van der Waals surface area contributed by atoms with Crippen molar-refractivity contribution in [1.82, 2.24) is 5.32 Å². The molecule has 0 aromatic carbocycles. The third-order valence-corrected chi connectivity index (χ3v) is 3.08. The Kier molecular flexibility index (Phi) is 7.42. The van der Waals surface area contributed by atoms with Crippen LogP contribution in [0.1, 0.15) is 18.2 Å². The van der Waals surface area contributed by atoms with Crippen molar-refractivity contribution in [3.63, 3.8) is 0 Å². The molecule has 0 aliphatic heterocycles. The van der Waals surface area contributed by atoms with Gasteiger partial charge in [0.15, 0.2) is 0 Å². The van der Waals surface area contributed by atoms with Crippen LogP contribution in [0.3, 0.4) is 0 Å². The van der Waals surface area contributed by atoms with Gasteiger partial charge in [-0.3, -0.25) is 0 Å². The highest BCUT2D eigenvalue weighted by Crippen LogP contribution is 2.07. The predicted octanol–water partition coefficient (Wildman–Crippen LogP) is 2.28. The van der Waals surface area contributed by atoms with E-state index in [1.807, 2.05) is 0 Å². The molecule has 0 saturated carbocycles. The Labute approximate surface area is 102 Å². The van der Waals surface area contributed by atoms with Gasteiger partial charge < -0.3 is 14.8 Å². The summed E-state index contributed by atoms with van der Waals surface area (Å²) in [6.07, 6.45) is 1.22. The minimum absolute atomic E-state index is 0.261. The van der Waals surface area contributed by atoms with Gasteiger partial charge in [-0.1, -0.05) is 6.07 Å². The molecular formula is C12H21NO2S. The zero-order chi connectivity index (χ0) is 11.6. The van der Waals surface area contributed by atoms with Crippen LogP contribution in [0.4, 0.5) is 0 Å². The summed E-state index contributed by atoms with van der Waals surface area (Å²) in [4.78, 5) is 1.37. The molecule has 1 rings (SSSR count). The summed E-state index contributed by atoms with van der Waals surface area (Å²) in [6.45, 7) is 5.47. The number of nitrogens with one attached hydrogen (secondary N) is 1. The van der Waals surface area contributed by atoms with Gasteiger partial charge in [0.25, 0.3) is 0 Å². The van der Waals surface area contributed by atoms with Gasteiger partial charge in [0.1, 0.15) is 0 Å². The number of hydrogen-bond acceptors (Lipinski definition) is 4. The van der Waals surface area contributed by atoms with Gasteiger partial charge in [-0.05, 0) is 24.8 Å². The molecule has 92 valence electrons. The van der Waals surface area contributed by atoms with E-state index in [1.165, 1.54) is 4.88 Å². The summed E-state index contributed by atoms with van der Waals surface area (Å²) in [6, 6.07) is 4.22. The van der Waals surface area contributed by atoms with Gasteiger partial charge in [0, 0.05) is 38.3 Å². The number of ether oxygens (including phenoxy) is 2. The van der Waals surface area contributed by atoms with Gasteiger partial charge >= 0.3 is 0 Å². The number of hydrogen-bond donors (Lipinski definition) is 1. The molecular weight excluding hydrogens is 222 g/mol. The van der Waals surface area contributed by atoms with E-state index in [2.05, 4.69) is 29.8 Å². The van der Waals surface area contributed by atoms with Crippen molar-refractivity contribution in [1.29, 1.82) is 0 Å². The number of methoxy groups -OCH3 is 1. The van der Waals surface area contributed by atoms with Gasteiger partial charge in [0.2, 0.25) is 0 Å². The van der Waals surface area contributed by atoms with E-state index < -0.39 is 0 Å². The van der Waals surface area contributed by atoms with Gasteiger partial charge in [-0.15, -0.1) is 11.3 Å². The number of thiophene rings is 1. The molecule has 1 aromatic heterocycles. The first-order chi connectivity index (χ1) is 7.83. The summed E-state index contributed by atoms with van der Waals surface area (Å²) < 4.78 is 10.6. The highest BCUT2D eigenvalue weighted by Gasteiger charge is 2.01. The van der Waals surface area contributed by atoms with E-state index in [9.17, 15) is 0 Å². The Morgan fingerprint density at radius 2 is 2.31 bits per heavy atom. The van der Waals surface area contributed by atoms with Crippen LogP contribution < -0.4 is 5.32 Å². The smallest absolute Gasteiger partial charge is 0.0671 e. The van der Waals surface area contributed by atoms with Crippen molar-refractivity contribution in [2.24, 2.45) is 0 Å². The molecule has 0 amide bonds. The minimum atomic E-state index is 0.261. The second-order valence-electron chi connectivity index (χ2n) is 3.74. The maximum absolute atomic E-state index is 5.62. The number of rotatable bonds is 9. The molecule has 1 unspecified atom stereocenters. The van der Waals surface area contributed by atoms with Crippen LogP contribution in [0, 0.1) is 0 Å². The average molecular weight is 243 g/mol. The van der Waals surface area contributed by atoms with Gasteiger partial charge in [0.05, 0.1) is 6.10 Å². The minimum Gasteiger partial charge on any atom is -0.385 e. The highest BCUT2D eigenvalue weighted by atomic mass is 32.1. The van der Waals surface area contributed by atoms with E-state index in [0.717, 1.165) is 32.7 Å². The lowest BCUT2D eigenvalue weighted by Gasteiger charge is -2.13. The van der Waals surface area contributed by atoms with E-state index >= 15 is 0 Å². The fourth-order valence-electron chi connectivity index (χ4n) is 1.36. The van der Waals surface area contributed by atoms with Crippen molar-refractivity contribution >= 4 is 11.3 Å². The molecule has 0 fully saturated rings. The lowest BCUT2D eigenvalue weighted by molar-refractivity contribution is 0.0504. The van der Waals surface area contributed by atoms with E-state index in [1.54, 1.807) is 18.4 Å². The Bertz CT molecular complexity index is 252. The zero-order valence-corrected chi connectivity index (χ0v) is 10.9. The second kappa shape index (κ2) is 8.70. The quantitative estimate of drug-likeness (QED) is 0.675. The highest BCUT2D eigenvalue weighted by molar-refractivity contribution is 7.09. The van der Waals surface area contributed by atoms with Crippen LogP contribution in [0.25, 0.3) is 0 Å². The molecule has 1 aromatic rings. The third kappa shape index (κ3) is 6.23. The fraction of sp³-hybridized carbons (Fsp3) is 0.667. The molecule has 1 atom stereocenters. The van der Waals surface area contributed by atoms with E-state index in [0.29, 0.717) is 0 Å². The Balaban J connectivity index is 1.95. The van der Waals surface area contributed by atoms with Crippen molar-refractivity contribution in [2.75, 3.05) is 26.9 Å². The van der Waals surface area contributed by atoms with Crippen LogP contribution in [0.15, 0.2) is 17.5 Å². The molecule has 1 N–H and O–H groups in total. The molecule has 1 heterocycles. The maximum Gasteiger partial charge on any atom is 0.0671 e. The first kappa shape index (κ1) is 13.6. The van der Waals surface area contributed by atoms with Crippen LogP contribution in [0.5, 0.6) is 0 Å². The van der Waals surface area contributed by atoms with Gasteiger partial charge in [-0.2, -0.15) is 0 Å². The molecule has 16 heavy (non-hydrogen) atoms. The Morgan fingerprint density at radius 3 is 3.00 bits per heavy atom. The van der Waals surface area contributed by atoms with Crippen LogP contribution in [-0.4, -0.2) is 33.0 Å². The Hall–Kier alpha value is -0.420. The van der Waals surface area contributed by atoms with E-state index in [-0.39, 0.29) is 6.10 Å². The topological polar surface area (TPSA) is 30.5 Å². The Morgan fingerprint density at radius 1 is 1.44 bits per heavy atom. The maximum atomic E-state index is 5.62. The van der Waals surface area contributed by atoms with Crippen molar-refractivity contribution in [3.05, 3.63) is 22.4 Å². The third-order valence-electron chi connectivity index (χ3n) is 2.21. The first-order valence-electron chi connectivity index (χ1n) is 5.66. The molecule has 0 saturated heterocycles. The lowest BCUT2D eigenvalue weighted by atomic mass is 10.3. The summed E-state index contributed by atoms with van der Waals surface area (Å²) in [7, 11) is 1.71. The van der Waals surface area contributed by atoms with Crippen molar-refractivity contribution in [3.8, 4) is 0 Å². The zero-order valence-electron chi connectivity index (χ0n) is 10.1. The summed E-state index contributed by atoms with van der Waals surface area (Å²) >= 11 is 1.78. The largest absolute Gasteiger partial charge is 0.385 e. The van der Waals surface area contributed by atoms with Crippen LogP contribution in [0.2, 0.25) is 0 Å². The van der Waals surface area contributed by atoms with E-state index in [4.69, 9.17) is 9.47 Å². The molecule has 0 aliphatic carbocycles. The molecule has 0 aliphatic rings. The molecule has 4 heteroatoms. The second-order valence-corrected chi connectivity index (χ2v) is 4.77. The summed E-state index contributed by atoms with van der Waals surface area (Å²) in [5.41, 5.74) is 0. The molecule has 0 spiro atoms. The lowest BCUT2D eigenvalue weighted by Crippen LogP contribution is -2.26. The molecule has 0 radical (unpaired) electrons. The molecule has 3 nitrogen and oxygen atoms in total. The van der Waals surface area contributed by atoms with Crippen LogP contribution >= 0.6 is 11.3 Å². The monoisotopic (exact) mass is 243 g/mol. The van der Waals surface area contributed by atoms with Gasteiger partial charge in [-0.25, -0.2) is 0 Å². The van der Waals surface area contributed by atoms with Crippen molar-refractivity contribution in [2.45, 2.75) is 26.0 Å². The first-order valence-corrected chi connectivity index (χ1v) is 6.54. The summed E-state index contributed by atoms with van der Waals surface area (Å²) in [5.74, 6) is 0. The SMILES string of the molecule is COCCCOC(C)CNCc1cccs1. The normalized spacial score (nSPS) is 12.9. The predicted molar refractivity (Wildman–Crippen MR) is 67.9 cm³/mol. The average Bonchev–Trinajstić information content (AvgIpc) is 2.77. The summed E-state index contributed by atoms with van der Waals surface area (Å²) in [5, 5.41) is 5.48.